The number of nitrogens with zero attached hydrogens (tertiary/aromatic N) is 5. The number of halogens is 1. The zero-order valence-electron chi connectivity index (χ0n) is 22.1. The second-order valence-corrected chi connectivity index (χ2v) is 6.46. The molecule has 8 nitrogen and oxygen atoms in total. The van der Waals surface area contributed by atoms with Gasteiger partial charge in [-0.2, -0.15) is 10.4 Å². The molecule has 0 radical (unpaired) electrons. The van der Waals surface area contributed by atoms with Crippen LogP contribution >= 0.6 is 0 Å². The molecule has 1 saturated heterocycles. The van der Waals surface area contributed by atoms with Crippen LogP contribution in [0.15, 0.2) is 36.5 Å². The van der Waals surface area contributed by atoms with E-state index in [0.717, 1.165) is 16.8 Å². The van der Waals surface area contributed by atoms with Gasteiger partial charge in [0.1, 0.15) is 5.82 Å². The van der Waals surface area contributed by atoms with Crippen molar-refractivity contribution in [2.75, 3.05) is 17.9 Å². The first kappa shape index (κ1) is 12.0. The number of nitriles is 1. The second-order valence-electron chi connectivity index (χ2n) is 6.46. The van der Waals surface area contributed by atoms with Crippen molar-refractivity contribution in [1.29, 1.82) is 5.26 Å². The maximum absolute atomic E-state index is 14.7. The Labute approximate surface area is 181 Å². The molecular formula is C21H17FN6O2. The maximum atomic E-state index is 14.7. The summed E-state index contributed by atoms with van der Waals surface area (Å²) in [4.78, 5) is 17.2. The fourth-order valence-electron chi connectivity index (χ4n) is 3.35. The highest BCUT2D eigenvalue weighted by Crippen LogP contribution is 2.31. The Kier molecular flexibility index (Phi) is 2.78. The Morgan fingerprint density at radius 3 is 3.03 bits per heavy atom. The van der Waals surface area contributed by atoms with E-state index in [-0.39, 0.29) is 45.2 Å². The third kappa shape index (κ3) is 2.89. The van der Waals surface area contributed by atoms with E-state index in [4.69, 9.17) is 9.60 Å². The number of hydrogen-bond donors (Lipinski definition) is 2. The number of fused-ring (bicyclic) bond motifs is 1. The number of aromatic nitrogens is 3. The summed E-state index contributed by atoms with van der Waals surface area (Å²) in [7, 11) is 0. The first-order valence-electron chi connectivity index (χ1n) is 12.3. The van der Waals surface area contributed by atoms with Crippen molar-refractivity contribution in [3.63, 3.8) is 0 Å². The summed E-state index contributed by atoms with van der Waals surface area (Å²) >= 11 is 0. The van der Waals surface area contributed by atoms with Gasteiger partial charge >= 0.3 is 0 Å². The largest absolute Gasteiger partial charge is 0.391 e. The van der Waals surface area contributed by atoms with Crippen LogP contribution in [0.2, 0.25) is 0 Å². The van der Waals surface area contributed by atoms with Crippen molar-refractivity contribution in [1.82, 2.24) is 20.1 Å². The van der Waals surface area contributed by atoms with Gasteiger partial charge in [-0.25, -0.2) is 14.1 Å². The fourth-order valence-corrected chi connectivity index (χ4v) is 3.35. The lowest BCUT2D eigenvalue weighted by Gasteiger charge is -2.14. The summed E-state index contributed by atoms with van der Waals surface area (Å²) in [6, 6.07) is 8.22. The van der Waals surface area contributed by atoms with Crippen LogP contribution in [0.3, 0.4) is 0 Å². The zero-order chi connectivity index (χ0) is 27.1. The molecule has 0 saturated carbocycles. The van der Waals surface area contributed by atoms with Crippen LogP contribution in [0.5, 0.6) is 0 Å². The number of carbonyl (C=O) groups excluding carboxylic acids is 1. The number of benzene rings is 1. The molecule has 0 bridgehead atoms. The molecule has 2 aromatic heterocycles. The number of pyridine rings is 1. The van der Waals surface area contributed by atoms with Gasteiger partial charge in [-0.3, -0.25) is 4.79 Å². The van der Waals surface area contributed by atoms with Gasteiger partial charge in [0.05, 0.1) is 56.6 Å². The third-order valence-electron chi connectivity index (χ3n) is 4.66. The molecule has 150 valence electrons. The minimum absolute atomic E-state index is 0.00276. The van der Waals surface area contributed by atoms with Crippen molar-refractivity contribution in [2.45, 2.75) is 19.0 Å². The normalized spacial score (nSPS) is 28.6. The van der Waals surface area contributed by atoms with E-state index in [1.54, 1.807) is 0 Å². The Hall–Kier alpha value is -3.77. The van der Waals surface area contributed by atoms with Crippen LogP contribution in [-0.4, -0.2) is 44.9 Å². The molecule has 1 atom stereocenters. The average Bonchev–Trinajstić information content (AvgIpc) is 3.46. The minimum atomic E-state index is -3.50. The number of aliphatic hydroxyl groups is 1. The molecule has 30 heavy (non-hydrogen) atoms. The molecule has 2 aliphatic heterocycles. The van der Waals surface area contributed by atoms with E-state index < -0.39 is 43.0 Å². The standard InChI is InChI=1S/C21H17FN6O2/c22-14-3-1-2-12(9-23)19(14)15-8-17(20-16(25-15)10-24-21(20)30)28-7-5-18(26-28)27-6-4-13(29)11-27/h1-3,5,7-8,13,29H,4,6,10-11H2,(H,24,30)/t13-/m1/s1/i4D2,6D2,11D2,13D. The number of anilines is 1. The number of hydrogen-bond acceptors (Lipinski definition) is 6. The molecule has 1 fully saturated rings. The summed E-state index contributed by atoms with van der Waals surface area (Å²) in [6.45, 7) is -6.46. The summed E-state index contributed by atoms with van der Waals surface area (Å²) < 4.78 is 72.2. The molecule has 4 heterocycles. The molecule has 9 heteroatoms. The maximum Gasteiger partial charge on any atom is 0.255 e. The Morgan fingerprint density at radius 2 is 2.27 bits per heavy atom. The average molecular weight is 411 g/mol. The number of β-amino-alcohol motifs (C(OH)–C–C–N with tert-alkyl or cyclic N) is 1. The molecule has 2 N–H and O–H groups in total. The highest BCUT2D eigenvalue weighted by atomic mass is 19.1. The molecule has 0 unspecified atom stereocenters. The van der Waals surface area contributed by atoms with Crippen molar-refractivity contribution in [3.05, 3.63) is 59.2 Å². The van der Waals surface area contributed by atoms with E-state index in [1.165, 1.54) is 24.4 Å². The van der Waals surface area contributed by atoms with Gasteiger partial charge in [0.25, 0.3) is 5.91 Å². The van der Waals surface area contributed by atoms with Gasteiger partial charge < -0.3 is 15.3 Å². The monoisotopic (exact) mass is 411 g/mol. The third-order valence-corrected chi connectivity index (χ3v) is 4.66. The smallest absolute Gasteiger partial charge is 0.255 e. The molecule has 0 aliphatic carbocycles. The lowest BCUT2D eigenvalue weighted by Crippen LogP contribution is -2.21. The van der Waals surface area contributed by atoms with E-state index in [1.807, 2.05) is 6.07 Å². The molecular weight excluding hydrogens is 387 g/mol. The van der Waals surface area contributed by atoms with Crippen LogP contribution in [0.4, 0.5) is 10.2 Å². The quantitative estimate of drug-likeness (QED) is 0.680. The van der Waals surface area contributed by atoms with Gasteiger partial charge in [-0.05, 0) is 24.6 Å². The first-order chi connectivity index (χ1) is 17.2. The molecule has 2 aliphatic rings. The molecule has 0 spiro atoms. The van der Waals surface area contributed by atoms with E-state index in [2.05, 4.69) is 15.4 Å². The van der Waals surface area contributed by atoms with Crippen LogP contribution in [-0.2, 0) is 6.54 Å². The second kappa shape index (κ2) is 6.93. The minimum Gasteiger partial charge on any atom is -0.391 e. The lowest BCUT2D eigenvalue weighted by molar-refractivity contribution is 0.0965. The number of nitrogens with one attached hydrogen (secondary N) is 1. The summed E-state index contributed by atoms with van der Waals surface area (Å²) in [6.07, 6.45) is -5.64. The van der Waals surface area contributed by atoms with Crippen LogP contribution < -0.4 is 10.2 Å². The van der Waals surface area contributed by atoms with Crippen molar-refractivity contribution in [3.8, 4) is 23.0 Å². The van der Waals surface area contributed by atoms with E-state index in [9.17, 15) is 19.6 Å². The number of amides is 1. The van der Waals surface area contributed by atoms with Gasteiger partial charge in [0.2, 0.25) is 0 Å². The Balaban J connectivity index is 1.69. The first-order valence-corrected chi connectivity index (χ1v) is 8.76. The summed E-state index contributed by atoms with van der Waals surface area (Å²) in [5.41, 5.74) is 0.240. The van der Waals surface area contributed by atoms with E-state index >= 15 is 0 Å². The molecule has 3 aromatic rings. The van der Waals surface area contributed by atoms with Crippen LogP contribution in [0.1, 0.15) is 37.6 Å². The SMILES string of the molecule is [2H]C1([2H])N(c2ccn(-c3cc(-c4c(F)cccc4C#N)nc4c3C(=O)NC4)n2)C([2H])([2H])[C@]([2H])(O)C1([2H])[2H]. The summed E-state index contributed by atoms with van der Waals surface area (Å²) in [5, 5.41) is 26.5. The number of rotatable bonds is 3. The van der Waals surface area contributed by atoms with Gasteiger partial charge in [0.15, 0.2) is 5.82 Å². The predicted octanol–water partition coefficient (Wildman–Crippen LogP) is 1.76. The zero-order valence-corrected chi connectivity index (χ0v) is 15.1. The van der Waals surface area contributed by atoms with Crippen molar-refractivity contribution >= 4 is 11.7 Å². The fraction of sp³-hybridized carbons (Fsp3) is 0.238. The summed E-state index contributed by atoms with van der Waals surface area (Å²) in [5.74, 6) is -1.73. The number of carbonyl (C=O) groups is 1. The highest BCUT2D eigenvalue weighted by Gasteiger charge is 2.29. The topological polar surface area (TPSA) is 107 Å². The van der Waals surface area contributed by atoms with Gasteiger partial charge in [-0.1, -0.05) is 6.07 Å². The van der Waals surface area contributed by atoms with E-state index in [0.29, 0.717) is 0 Å². The van der Waals surface area contributed by atoms with Crippen molar-refractivity contribution < 1.29 is 23.9 Å². The van der Waals surface area contributed by atoms with Gasteiger partial charge in [0, 0.05) is 30.7 Å². The Morgan fingerprint density at radius 1 is 1.40 bits per heavy atom. The van der Waals surface area contributed by atoms with Crippen molar-refractivity contribution in [2.24, 2.45) is 0 Å². The molecule has 1 amide bonds. The predicted molar refractivity (Wildman–Crippen MR) is 105 cm³/mol. The van der Waals surface area contributed by atoms with Crippen LogP contribution in [0, 0.1) is 17.1 Å². The van der Waals surface area contributed by atoms with Gasteiger partial charge in [-0.15, -0.1) is 0 Å². The molecule has 1 aromatic carbocycles. The Bertz CT molecular complexity index is 1490. The highest BCUT2D eigenvalue weighted by molar-refractivity contribution is 6.01. The lowest BCUT2D eigenvalue weighted by atomic mass is 10.0. The van der Waals surface area contributed by atoms with Crippen LogP contribution in [0.25, 0.3) is 16.9 Å². The molecule has 5 rings (SSSR count).